The third-order valence-corrected chi connectivity index (χ3v) is 5.15. The Bertz CT molecular complexity index is 983. The van der Waals surface area contributed by atoms with Crippen LogP contribution in [0.2, 0.25) is 0 Å². The fourth-order valence-electron chi connectivity index (χ4n) is 3.59. The molecule has 7 nitrogen and oxygen atoms in total. The first-order chi connectivity index (χ1) is 13.9. The summed E-state index contributed by atoms with van der Waals surface area (Å²) in [6.07, 6.45) is 0.444. The summed E-state index contributed by atoms with van der Waals surface area (Å²) < 4.78 is 5.45. The first-order valence-corrected chi connectivity index (χ1v) is 9.47. The van der Waals surface area contributed by atoms with E-state index < -0.39 is 11.9 Å². The van der Waals surface area contributed by atoms with Gasteiger partial charge in [-0.25, -0.2) is 0 Å². The topological polar surface area (TPSA) is 84.0 Å². The van der Waals surface area contributed by atoms with Gasteiger partial charge in [-0.3, -0.25) is 24.1 Å². The number of hydrogen-bond acceptors (Lipinski definition) is 5. The minimum absolute atomic E-state index is 0.0789. The van der Waals surface area contributed by atoms with Crippen molar-refractivity contribution in [3.63, 3.8) is 0 Å². The molecule has 0 N–H and O–H groups in total. The summed E-state index contributed by atoms with van der Waals surface area (Å²) >= 11 is 0. The summed E-state index contributed by atoms with van der Waals surface area (Å²) in [4.78, 5) is 51.5. The van der Waals surface area contributed by atoms with Crippen LogP contribution >= 0.6 is 0 Å². The Morgan fingerprint density at radius 3 is 2.31 bits per heavy atom. The number of rotatable bonds is 4. The van der Waals surface area contributed by atoms with Crippen LogP contribution in [0.25, 0.3) is 0 Å². The number of hydrogen-bond donors (Lipinski definition) is 0. The highest BCUT2D eigenvalue weighted by molar-refractivity contribution is 6.19. The highest BCUT2D eigenvalue weighted by atomic mass is 16.5. The van der Waals surface area contributed by atoms with Crippen molar-refractivity contribution in [2.75, 3.05) is 16.3 Å². The van der Waals surface area contributed by atoms with E-state index in [-0.39, 0.29) is 49.3 Å². The first-order valence-electron chi connectivity index (χ1n) is 9.47. The van der Waals surface area contributed by atoms with E-state index in [0.29, 0.717) is 5.69 Å². The molecule has 2 aliphatic heterocycles. The maximum absolute atomic E-state index is 12.6. The Balaban J connectivity index is 1.45. The summed E-state index contributed by atoms with van der Waals surface area (Å²) in [6.45, 7) is 2.22. The van der Waals surface area contributed by atoms with Gasteiger partial charge in [0.05, 0.1) is 11.6 Å². The average molecular weight is 392 g/mol. The highest BCUT2D eigenvalue weighted by Crippen LogP contribution is 2.29. The second kappa shape index (κ2) is 7.50. The Hall–Kier alpha value is -3.48. The van der Waals surface area contributed by atoms with E-state index in [2.05, 4.69) is 0 Å². The van der Waals surface area contributed by atoms with Gasteiger partial charge in [0.25, 0.3) is 0 Å². The Morgan fingerprint density at radius 2 is 1.62 bits per heavy atom. The summed E-state index contributed by atoms with van der Waals surface area (Å²) in [5.74, 6) is -1.52. The monoisotopic (exact) mass is 392 g/mol. The summed E-state index contributed by atoms with van der Waals surface area (Å²) in [5.41, 5.74) is 2.22. The second-order valence-electron chi connectivity index (χ2n) is 7.28. The molecule has 0 aromatic heterocycles. The van der Waals surface area contributed by atoms with Gasteiger partial charge in [0, 0.05) is 37.6 Å². The van der Waals surface area contributed by atoms with E-state index in [1.165, 1.54) is 6.07 Å². The van der Waals surface area contributed by atoms with Crippen LogP contribution in [0.3, 0.4) is 0 Å². The molecule has 2 aromatic rings. The number of esters is 1. The standard InChI is InChI=1S/C22H20N2O5/c1-14-5-7-16(8-6-14)23-13-15(11-21(23)27)22(28)29-18-4-2-3-17(12-18)24-19(25)9-10-20(24)26/h2-8,12,15H,9-11,13H2,1H3/t15-/m0/s1. The van der Waals surface area contributed by atoms with Crippen LogP contribution in [-0.4, -0.2) is 30.2 Å². The van der Waals surface area contributed by atoms with Crippen LogP contribution in [0.1, 0.15) is 24.8 Å². The third-order valence-electron chi connectivity index (χ3n) is 5.15. The number of aryl methyl sites for hydroxylation is 1. The van der Waals surface area contributed by atoms with E-state index >= 15 is 0 Å². The van der Waals surface area contributed by atoms with Crippen LogP contribution in [0.4, 0.5) is 11.4 Å². The van der Waals surface area contributed by atoms with Gasteiger partial charge in [-0.2, -0.15) is 0 Å². The van der Waals surface area contributed by atoms with Crippen molar-refractivity contribution in [3.8, 4) is 5.75 Å². The number of ether oxygens (including phenoxy) is 1. The predicted molar refractivity (Wildman–Crippen MR) is 105 cm³/mol. The molecule has 0 saturated carbocycles. The van der Waals surface area contributed by atoms with Crippen LogP contribution < -0.4 is 14.5 Å². The Kier molecular flexibility index (Phi) is 4.88. The van der Waals surface area contributed by atoms with Gasteiger partial charge in [0.1, 0.15) is 5.75 Å². The van der Waals surface area contributed by atoms with E-state index in [0.717, 1.165) is 16.2 Å². The van der Waals surface area contributed by atoms with Crippen molar-refractivity contribution < 1.29 is 23.9 Å². The first kappa shape index (κ1) is 18.9. The minimum atomic E-state index is -0.581. The molecule has 0 radical (unpaired) electrons. The lowest BCUT2D eigenvalue weighted by Crippen LogP contribution is -2.29. The van der Waals surface area contributed by atoms with Gasteiger partial charge in [0.15, 0.2) is 0 Å². The Morgan fingerprint density at radius 1 is 0.931 bits per heavy atom. The van der Waals surface area contributed by atoms with Gasteiger partial charge in [-0.05, 0) is 31.2 Å². The molecule has 2 aliphatic rings. The van der Waals surface area contributed by atoms with Gasteiger partial charge >= 0.3 is 5.97 Å². The molecule has 0 aliphatic carbocycles. The number of amides is 3. The normalized spacial score (nSPS) is 19.2. The predicted octanol–water partition coefficient (Wildman–Crippen LogP) is 2.61. The van der Waals surface area contributed by atoms with Crippen molar-refractivity contribution in [2.45, 2.75) is 26.2 Å². The zero-order chi connectivity index (χ0) is 20.5. The molecule has 148 valence electrons. The highest BCUT2D eigenvalue weighted by Gasteiger charge is 2.36. The lowest BCUT2D eigenvalue weighted by atomic mass is 10.1. The zero-order valence-corrected chi connectivity index (χ0v) is 16.0. The van der Waals surface area contributed by atoms with Crippen molar-refractivity contribution in [1.82, 2.24) is 0 Å². The molecule has 2 saturated heterocycles. The van der Waals surface area contributed by atoms with Crippen LogP contribution in [0, 0.1) is 12.8 Å². The van der Waals surface area contributed by atoms with Gasteiger partial charge < -0.3 is 9.64 Å². The molecule has 3 amide bonds. The summed E-state index contributed by atoms with van der Waals surface area (Å²) in [6, 6.07) is 13.9. The van der Waals surface area contributed by atoms with Crippen LogP contribution in [0.15, 0.2) is 48.5 Å². The lowest BCUT2D eigenvalue weighted by molar-refractivity contribution is -0.139. The number of carbonyl (C=O) groups is 4. The number of anilines is 2. The molecule has 0 spiro atoms. The molecule has 0 unspecified atom stereocenters. The Labute approximate surface area is 167 Å². The average Bonchev–Trinajstić information content (AvgIpc) is 3.25. The number of nitrogens with zero attached hydrogens (tertiary/aromatic N) is 2. The van der Waals surface area contributed by atoms with Crippen LogP contribution in [-0.2, 0) is 19.2 Å². The molecule has 29 heavy (non-hydrogen) atoms. The lowest BCUT2D eigenvalue weighted by Gasteiger charge is -2.17. The summed E-state index contributed by atoms with van der Waals surface area (Å²) in [7, 11) is 0. The number of carbonyl (C=O) groups excluding carboxylic acids is 4. The smallest absolute Gasteiger partial charge is 0.316 e. The van der Waals surface area contributed by atoms with Crippen molar-refractivity contribution in [2.24, 2.45) is 5.92 Å². The quantitative estimate of drug-likeness (QED) is 0.454. The number of benzene rings is 2. The number of imide groups is 1. The zero-order valence-electron chi connectivity index (χ0n) is 16.0. The SMILES string of the molecule is Cc1ccc(N2C[C@@H](C(=O)Oc3cccc(N4C(=O)CCC4=O)c3)CC2=O)cc1. The summed E-state index contributed by atoms with van der Waals surface area (Å²) in [5, 5.41) is 0. The fourth-order valence-corrected chi connectivity index (χ4v) is 3.59. The molecule has 2 fully saturated rings. The van der Waals surface area contributed by atoms with Gasteiger partial charge in [0.2, 0.25) is 17.7 Å². The van der Waals surface area contributed by atoms with E-state index in [1.54, 1.807) is 23.1 Å². The molecule has 2 heterocycles. The largest absolute Gasteiger partial charge is 0.426 e. The molecule has 7 heteroatoms. The van der Waals surface area contributed by atoms with E-state index in [9.17, 15) is 19.2 Å². The molecule has 1 atom stereocenters. The van der Waals surface area contributed by atoms with E-state index in [1.807, 2.05) is 31.2 Å². The molecule has 4 rings (SSSR count). The van der Waals surface area contributed by atoms with Gasteiger partial charge in [-0.15, -0.1) is 0 Å². The van der Waals surface area contributed by atoms with Gasteiger partial charge in [-0.1, -0.05) is 23.8 Å². The fraction of sp³-hybridized carbons (Fsp3) is 0.273. The minimum Gasteiger partial charge on any atom is -0.426 e. The van der Waals surface area contributed by atoms with Crippen molar-refractivity contribution in [3.05, 3.63) is 54.1 Å². The maximum atomic E-state index is 12.6. The molecular weight excluding hydrogens is 372 g/mol. The molecule has 2 aromatic carbocycles. The molecular formula is C22H20N2O5. The van der Waals surface area contributed by atoms with Crippen molar-refractivity contribution >= 4 is 35.1 Å². The van der Waals surface area contributed by atoms with E-state index in [4.69, 9.17) is 4.74 Å². The van der Waals surface area contributed by atoms with Crippen LogP contribution in [0.5, 0.6) is 5.75 Å². The molecule has 0 bridgehead atoms. The second-order valence-corrected chi connectivity index (χ2v) is 7.28. The third kappa shape index (κ3) is 3.76. The maximum Gasteiger partial charge on any atom is 0.316 e. The van der Waals surface area contributed by atoms with Crippen molar-refractivity contribution in [1.29, 1.82) is 0 Å².